The number of aromatic nitrogens is 3. The topological polar surface area (TPSA) is 49.2 Å². The predicted molar refractivity (Wildman–Crippen MR) is 70.2 cm³/mol. The van der Waals surface area contributed by atoms with Crippen LogP contribution in [0.15, 0.2) is 24.3 Å². The average Bonchev–Trinajstić information content (AvgIpc) is 2.82. The van der Waals surface area contributed by atoms with Crippen LogP contribution in [-0.2, 0) is 17.9 Å². The van der Waals surface area contributed by atoms with Gasteiger partial charge < -0.3 is 14.0 Å². The van der Waals surface area contributed by atoms with Crippen LogP contribution in [0, 0.1) is 0 Å². The molecule has 0 saturated heterocycles. The first-order valence-corrected chi connectivity index (χ1v) is 6.54. The fourth-order valence-electron chi connectivity index (χ4n) is 2.12. The van der Waals surface area contributed by atoms with E-state index in [1.165, 1.54) is 0 Å². The Morgan fingerprint density at radius 3 is 3.16 bits per heavy atom. The minimum atomic E-state index is -0.183. The van der Waals surface area contributed by atoms with Crippen molar-refractivity contribution in [3.8, 4) is 5.75 Å². The molecule has 2 aromatic rings. The zero-order valence-corrected chi connectivity index (χ0v) is 11.3. The van der Waals surface area contributed by atoms with Crippen molar-refractivity contribution in [2.45, 2.75) is 26.2 Å². The highest BCUT2D eigenvalue weighted by atomic mass is 35.5. The number of hydrogen-bond acceptors (Lipinski definition) is 4. The predicted octanol–water partition coefficient (Wildman–Crippen LogP) is 2.60. The number of benzene rings is 1. The van der Waals surface area contributed by atoms with Crippen molar-refractivity contribution in [2.24, 2.45) is 0 Å². The first kappa shape index (κ1) is 12.4. The summed E-state index contributed by atoms with van der Waals surface area (Å²) in [6, 6.07) is 7.33. The number of ether oxygens (including phenoxy) is 2. The van der Waals surface area contributed by atoms with Gasteiger partial charge in [-0.15, -0.1) is 10.2 Å². The lowest BCUT2D eigenvalue weighted by atomic mass is 10.3. The van der Waals surface area contributed by atoms with Gasteiger partial charge in [0.2, 0.25) is 0 Å². The van der Waals surface area contributed by atoms with Crippen molar-refractivity contribution in [1.82, 2.24) is 14.8 Å². The van der Waals surface area contributed by atoms with Crippen LogP contribution >= 0.6 is 11.6 Å². The van der Waals surface area contributed by atoms with Gasteiger partial charge in [0.25, 0.3) is 0 Å². The van der Waals surface area contributed by atoms with Gasteiger partial charge >= 0.3 is 0 Å². The number of nitrogens with zero attached hydrogens (tertiary/aromatic N) is 3. The molecule has 1 aromatic carbocycles. The first-order valence-electron chi connectivity index (χ1n) is 6.16. The third-order valence-electron chi connectivity index (χ3n) is 3.02. The van der Waals surface area contributed by atoms with Crippen LogP contribution in [0.1, 0.15) is 24.7 Å². The van der Waals surface area contributed by atoms with E-state index in [4.69, 9.17) is 21.1 Å². The monoisotopic (exact) mass is 279 g/mol. The highest BCUT2D eigenvalue weighted by Crippen LogP contribution is 2.24. The summed E-state index contributed by atoms with van der Waals surface area (Å²) in [7, 11) is 0. The van der Waals surface area contributed by atoms with Crippen LogP contribution in [0.3, 0.4) is 0 Å². The maximum atomic E-state index is 5.94. The summed E-state index contributed by atoms with van der Waals surface area (Å²) in [5.41, 5.74) is 0. The van der Waals surface area contributed by atoms with E-state index in [0.29, 0.717) is 18.2 Å². The molecule has 0 saturated carbocycles. The highest BCUT2D eigenvalue weighted by Gasteiger charge is 2.21. The highest BCUT2D eigenvalue weighted by molar-refractivity contribution is 6.30. The van der Waals surface area contributed by atoms with Crippen molar-refractivity contribution in [1.29, 1.82) is 0 Å². The number of rotatable bonds is 3. The average molecular weight is 280 g/mol. The zero-order valence-electron chi connectivity index (χ0n) is 10.5. The van der Waals surface area contributed by atoms with Crippen LogP contribution in [0.25, 0.3) is 0 Å². The molecular formula is C13H14ClN3O2. The molecule has 19 heavy (non-hydrogen) atoms. The first-order chi connectivity index (χ1) is 9.24. The zero-order chi connectivity index (χ0) is 13.2. The SMILES string of the molecule is CC(Oc1cccc(Cl)c1)c1nnc2n1CCOC2. The molecular weight excluding hydrogens is 266 g/mol. The maximum absolute atomic E-state index is 5.94. The Balaban J connectivity index is 1.80. The number of hydrogen-bond donors (Lipinski definition) is 0. The minimum absolute atomic E-state index is 0.183. The Morgan fingerprint density at radius 2 is 2.32 bits per heavy atom. The van der Waals surface area contributed by atoms with Crippen molar-refractivity contribution >= 4 is 11.6 Å². The molecule has 0 bridgehead atoms. The lowest BCUT2D eigenvalue weighted by Gasteiger charge is -2.19. The quantitative estimate of drug-likeness (QED) is 0.866. The summed E-state index contributed by atoms with van der Waals surface area (Å²) in [5.74, 6) is 2.39. The Kier molecular flexibility index (Phi) is 3.40. The van der Waals surface area contributed by atoms with Gasteiger partial charge in [-0.1, -0.05) is 17.7 Å². The fraction of sp³-hybridized carbons (Fsp3) is 0.385. The second kappa shape index (κ2) is 5.19. The lowest BCUT2D eigenvalue weighted by molar-refractivity contribution is 0.0778. The molecule has 1 atom stereocenters. The molecule has 2 heterocycles. The second-order valence-electron chi connectivity index (χ2n) is 4.40. The van der Waals surface area contributed by atoms with Crippen LogP contribution in [0.5, 0.6) is 5.75 Å². The van der Waals surface area contributed by atoms with Gasteiger partial charge in [0.1, 0.15) is 12.4 Å². The third kappa shape index (κ3) is 2.57. The Bertz CT molecular complexity index is 585. The molecule has 6 heteroatoms. The van der Waals surface area contributed by atoms with E-state index in [0.717, 1.165) is 23.9 Å². The molecule has 3 rings (SSSR count). The van der Waals surface area contributed by atoms with E-state index >= 15 is 0 Å². The Hall–Kier alpha value is -1.59. The lowest BCUT2D eigenvalue weighted by Crippen LogP contribution is -2.20. The minimum Gasteiger partial charge on any atom is -0.483 e. The summed E-state index contributed by atoms with van der Waals surface area (Å²) in [6.45, 7) is 3.91. The summed E-state index contributed by atoms with van der Waals surface area (Å²) in [5, 5.41) is 8.96. The van der Waals surface area contributed by atoms with Gasteiger partial charge in [0.15, 0.2) is 17.8 Å². The number of fused-ring (bicyclic) bond motifs is 1. The molecule has 5 nitrogen and oxygen atoms in total. The molecule has 0 amide bonds. The largest absolute Gasteiger partial charge is 0.483 e. The summed E-state index contributed by atoms with van der Waals surface area (Å²) in [4.78, 5) is 0. The van der Waals surface area contributed by atoms with E-state index in [1.54, 1.807) is 6.07 Å². The Labute approximate surface area is 116 Å². The molecule has 0 spiro atoms. The van der Waals surface area contributed by atoms with Crippen LogP contribution < -0.4 is 4.74 Å². The molecule has 1 unspecified atom stereocenters. The normalized spacial score (nSPS) is 15.9. The van der Waals surface area contributed by atoms with Crippen LogP contribution in [-0.4, -0.2) is 21.4 Å². The molecule has 1 aromatic heterocycles. The summed E-state index contributed by atoms with van der Waals surface area (Å²) < 4.78 is 13.3. The standard InChI is InChI=1S/C13H14ClN3O2/c1-9(19-11-4-2-3-10(14)7-11)13-16-15-12-8-18-6-5-17(12)13/h2-4,7,9H,5-6,8H2,1H3. The van der Waals surface area contributed by atoms with E-state index in [9.17, 15) is 0 Å². The molecule has 0 radical (unpaired) electrons. The van der Waals surface area contributed by atoms with E-state index in [2.05, 4.69) is 14.8 Å². The summed E-state index contributed by atoms with van der Waals surface area (Å²) >= 11 is 5.94. The van der Waals surface area contributed by atoms with Crippen molar-refractivity contribution in [3.63, 3.8) is 0 Å². The van der Waals surface area contributed by atoms with Gasteiger partial charge in [-0.05, 0) is 25.1 Å². The molecule has 1 aliphatic heterocycles. The van der Waals surface area contributed by atoms with Crippen LogP contribution in [0.4, 0.5) is 0 Å². The van der Waals surface area contributed by atoms with Gasteiger partial charge in [0.05, 0.1) is 6.61 Å². The molecule has 0 aliphatic carbocycles. The smallest absolute Gasteiger partial charge is 0.174 e. The van der Waals surface area contributed by atoms with Crippen molar-refractivity contribution in [3.05, 3.63) is 40.9 Å². The Morgan fingerprint density at radius 1 is 1.42 bits per heavy atom. The molecule has 100 valence electrons. The fourth-order valence-corrected chi connectivity index (χ4v) is 2.30. The van der Waals surface area contributed by atoms with Crippen molar-refractivity contribution in [2.75, 3.05) is 6.61 Å². The number of halogens is 1. The molecule has 0 fully saturated rings. The van der Waals surface area contributed by atoms with E-state index in [-0.39, 0.29) is 6.10 Å². The van der Waals surface area contributed by atoms with Gasteiger partial charge in [-0.25, -0.2) is 0 Å². The van der Waals surface area contributed by atoms with Gasteiger partial charge in [-0.2, -0.15) is 0 Å². The van der Waals surface area contributed by atoms with Gasteiger partial charge in [0, 0.05) is 11.6 Å². The molecule has 0 N–H and O–H groups in total. The third-order valence-corrected chi connectivity index (χ3v) is 3.25. The maximum Gasteiger partial charge on any atom is 0.174 e. The van der Waals surface area contributed by atoms with E-state index in [1.807, 2.05) is 25.1 Å². The van der Waals surface area contributed by atoms with Gasteiger partial charge in [-0.3, -0.25) is 0 Å². The molecule has 1 aliphatic rings. The van der Waals surface area contributed by atoms with Crippen molar-refractivity contribution < 1.29 is 9.47 Å². The summed E-state index contributed by atoms with van der Waals surface area (Å²) in [6.07, 6.45) is -0.183. The van der Waals surface area contributed by atoms with Crippen LogP contribution in [0.2, 0.25) is 5.02 Å². The van der Waals surface area contributed by atoms with E-state index < -0.39 is 0 Å². The second-order valence-corrected chi connectivity index (χ2v) is 4.83.